The molecule has 2 aliphatic rings. The summed E-state index contributed by atoms with van der Waals surface area (Å²) >= 11 is 0. The lowest BCUT2D eigenvalue weighted by molar-refractivity contribution is -0.115. The van der Waals surface area contributed by atoms with Gasteiger partial charge >= 0.3 is 0 Å². The molecule has 1 fully saturated rings. The Hall–Kier alpha value is -2.66. The summed E-state index contributed by atoms with van der Waals surface area (Å²) in [5, 5.41) is 9.35. The highest BCUT2D eigenvalue weighted by atomic mass is 16.2. The third kappa shape index (κ3) is 3.88. The second-order valence-electron chi connectivity index (χ2n) is 7.51. The van der Waals surface area contributed by atoms with Crippen LogP contribution in [0.4, 0.5) is 5.69 Å². The maximum Gasteiger partial charge on any atom is 0.251 e. The Kier molecular flexibility index (Phi) is 4.94. The van der Waals surface area contributed by atoms with E-state index in [1.54, 1.807) is 0 Å². The van der Waals surface area contributed by atoms with E-state index in [4.69, 9.17) is 0 Å². The summed E-state index contributed by atoms with van der Waals surface area (Å²) in [4.78, 5) is 24.3. The number of rotatable bonds is 4. The van der Waals surface area contributed by atoms with Crippen molar-refractivity contribution in [3.63, 3.8) is 0 Å². The molecule has 2 aromatic rings. The van der Waals surface area contributed by atoms with Crippen LogP contribution in [0.1, 0.15) is 58.8 Å². The minimum absolute atomic E-state index is 0.0212. The Morgan fingerprint density at radius 3 is 2.93 bits per heavy atom. The molecular weight excluding hydrogens is 338 g/mol. The highest BCUT2D eigenvalue weighted by Crippen LogP contribution is 2.27. The van der Waals surface area contributed by atoms with E-state index < -0.39 is 0 Å². The van der Waals surface area contributed by atoms with E-state index in [0.717, 1.165) is 36.3 Å². The maximum atomic E-state index is 12.8. The smallest absolute Gasteiger partial charge is 0.251 e. The van der Waals surface area contributed by atoms with E-state index in [2.05, 4.69) is 22.0 Å². The number of fused-ring (bicyclic) bond motifs is 1. The van der Waals surface area contributed by atoms with Gasteiger partial charge in [0.2, 0.25) is 5.91 Å². The normalized spacial score (nSPS) is 19.9. The van der Waals surface area contributed by atoms with Crippen LogP contribution < -0.4 is 16.0 Å². The first kappa shape index (κ1) is 17.7. The Labute approximate surface area is 159 Å². The zero-order valence-corrected chi connectivity index (χ0v) is 15.5. The highest BCUT2D eigenvalue weighted by Gasteiger charge is 2.20. The zero-order valence-electron chi connectivity index (χ0n) is 15.5. The van der Waals surface area contributed by atoms with Crippen LogP contribution in [0.5, 0.6) is 0 Å². The van der Waals surface area contributed by atoms with Gasteiger partial charge in [0.1, 0.15) is 0 Å². The maximum absolute atomic E-state index is 12.8. The van der Waals surface area contributed by atoms with E-state index in [-0.39, 0.29) is 17.9 Å². The molecule has 5 heteroatoms. The SMILES string of the molecule is CC(NC(=O)c1cccc(C2CCCNC2)c1)c1ccc2c(c1)CC(=O)N2. The van der Waals surface area contributed by atoms with Crippen LogP contribution in [0.3, 0.4) is 0 Å². The number of benzene rings is 2. The lowest BCUT2D eigenvalue weighted by atomic mass is 9.90. The molecular formula is C22H25N3O2. The van der Waals surface area contributed by atoms with Gasteiger partial charge in [0.05, 0.1) is 12.5 Å². The number of piperidine rings is 1. The molecule has 0 bridgehead atoms. The Morgan fingerprint density at radius 2 is 2.11 bits per heavy atom. The molecule has 2 atom stereocenters. The molecule has 0 aliphatic carbocycles. The van der Waals surface area contributed by atoms with Crippen LogP contribution in [0.15, 0.2) is 42.5 Å². The van der Waals surface area contributed by atoms with Crippen LogP contribution >= 0.6 is 0 Å². The number of carbonyl (C=O) groups is 2. The average Bonchev–Trinajstić information content (AvgIpc) is 3.08. The van der Waals surface area contributed by atoms with Gasteiger partial charge in [-0.1, -0.05) is 24.3 Å². The summed E-state index contributed by atoms with van der Waals surface area (Å²) in [6.07, 6.45) is 2.74. The quantitative estimate of drug-likeness (QED) is 0.782. The van der Waals surface area contributed by atoms with Crippen LogP contribution in [-0.2, 0) is 11.2 Å². The van der Waals surface area contributed by atoms with Crippen molar-refractivity contribution < 1.29 is 9.59 Å². The molecule has 5 nitrogen and oxygen atoms in total. The van der Waals surface area contributed by atoms with Crippen LogP contribution in [0.25, 0.3) is 0 Å². The molecule has 2 amide bonds. The third-order valence-electron chi connectivity index (χ3n) is 5.52. The summed E-state index contributed by atoms with van der Waals surface area (Å²) in [6, 6.07) is 13.7. The number of hydrogen-bond acceptors (Lipinski definition) is 3. The molecule has 0 radical (unpaired) electrons. The predicted molar refractivity (Wildman–Crippen MR) is 106 cm³/mol. The van der Waals surface area contributed by atoms with Crippen LogP contribution in [0.2, 0.25) is 0 Å². The van der Waals surface area contributed by atoms with Crippen molar-refractivity contribution in [2.45, 2.75) is 38.1 Å². The van der Waals surface area contributed by atoms with Crippen molar-refractivity contribution in [2.24, 2.45) is 0 Å². The summed E-state index contributed by atoms with van der Waals surface area (Å²) in [7, 11) is 0. The van der Waals surface area contributed by atoms with Crippen molar-refractivity contribution in [2.75, 3.05) is 18.4 Å². The zero-order chi connectivity index (χ0) is 18.8. The summed E-state index contributed by atoms with van der Waals surface area (Å²) in [5.74, 6) is 0.432. The van der Waals surface area contributed by atoms with Gasteiger partial charge in [0, 0.05) is 17.8 Å². The van der Waals surface area contributed by atoms with Gasteiger partial charge in [-0.05, 0) is 67.1 Å². The van der Waals surface area contributed by atoms with Crippen molar-refractivity contribution in [3.05, 3.63) is 64.7 Å². The fourth-order valence-electron chi connectivity index (χ4n) is 3.95. The van der Waals surface area contributed by atoms with Gasteiger partial charge in [-0.15, -0.1) is 0 Å². The molecule has 140 valence electrons. The minimum atomic E-state index is -0.126. The van der Waals surface area contributed by atoms with Crippen LogP contribution in [-0.4, -0.2) is 24.9 Å². The largest absolute Gasteiger partial charge is 0.346 e. The van der Waals surface area contributed by atoms with Crippen molar-refractivity contribution in [1.29, 1.82) is 0 Å². The lowest BCUT2D eigenvalue weighted by Gasteiger charge is -2.23. The molecule has 0 aromatic heterocycles. The third-order valence-corrected chi connectivity index (χ3v) is 5.52. The topological polar surface area (TPSA) is 70.2 Å². The first-order valence-corrected chi connectivity index (χ1v) is 9.64. The Bertz CT molecular complexity index is 872. The van der Waals surface area contributed by atoms with Crippen molar-refractivity contribution in [1.82, 2.24) is 10.6 Å². The number of hydrogen-bond donors (Lipinski definition) is 3. The van der Waals surface area contributed by atoms with E-state index in [1.807, 2.05) is 43.3 Å². The van der Waals surface area contributed by atoms with Crippen molar-refractivity contribution in [3.8, 4) is 0 Å². The van der Waals surface area contributed by atoms with E-state index in [1.165, 1.54) is 12.0 Å². The fourth-order valence-corrected chi connectivity index (χ4v) is 3.95. The monoisotopic (exact) mass is 363 g/mol. The minimum Gasteiger partial charge on any atom is -0.346 e. The van der Waals surface area contributed by atoms with Gasteiger partial charge in [0.25, 0.3) is 5.91 Å². The van der Waals surface area contributed by atoms with E-state index in [0.29, 0.717) is 17.9 Å². The number of carbonyl (C=O) groups excluding carboxylic acids is 2. The van der Waals surface area contributed by atoms with Crippen LogP contribution in [0, 0.1) is 0 Å². The van der Waals surface area contributed by atoms with E-state index in [9.17, 15) is 9.59 Å². The van der Waals surface area contributed by atoms with Gasteiger partial charge < -0.3 is 16.0 Å². The Balaban J connectivity index is 1.46. The standard InChI is InChI=1S/C22H25N3O2/c1-14(15-7-8-20-19(10-15)12-21(26)25-20)24-22(27)17-5-2-4-16(11-17)18-6-3-9-23-13-18/h2,4-5,7-8,10-11,14,18,23H,3,6,9,12-13H2,1H3,(H,24,27)(H,25,26). The van der Waals surface area contributed by atoms with Crippen molar-refractivity contribution >= 4 is 17.5 Å². The number of nitrogens with one attached hydrogen (secondary N) is 3. The highest BCUT2D eigenvalue weighted by molar-refractivity contribution is 5.99. The first-order chi connectivity index (χ1) is 13.1. The molecule has 2 aliphatic heterocycles. The molecule has 4 rings (SSSR count). The lowest BCUT2D eigenvalue weighted by Crippen LogP contribution is -2.29. The van der Waals surface area contributed by atoms with Gasteiger partial charge in [0.15, 0.2) is 0 Å². The predicted octanol–water partition coefficient (Wildman–Crippen LogP) is 3.14. The number of anilines is 1. The Morgan fingerprint density at radius 1 is 1.22 bits per heavy atom. The second kappa shape index (κ2) is 7.53. The molecule has 0 saturated carbocycles. The number of amides is 2. The average molecular weight is 363 g/mol. The molecule has 2 heterocycles. The van der Waals surface area contributed by atoms with E-state index >= 15 is 0 Å². The molecule has 2 aromatic carbocycles. The molecule has 27 heavy (non-hydrogen) atoms. The first-order valence-electron chi connectivity index (χ1n) is 9.64. The summed E-state index contributed by atoms with van der Waals surface area (Å²) in [6.45, 7) is 4.03. The van der Waals surface area contributed by atoms with Gasteiger partial charge in [-0.3, -0.25) is 9.59 Å². The molecule has 2 unspecified atom stereocenters. The van der Waals surface area contributed by atoms with Gasteiger partial charge in [-0.25, -0.2) is 0 Å². The molecule has 1 saturated heterocycles. The molecule has 3 N–H and O–H groups in total. The fraction of sp³-hybridized carbons (Fsp3) is 0.364. The molecule has 0 spiro atoms. The van der Waals surface area contributed by atoms with Gasteiger partial charge in [-0.2, -0.15) is 0 Å². The summed E-state index contributed by atoms with van der Waals surface area (Å²) < 4.78 is 0. The summed E-state index contributed by atoms with van der Waals surface area (Å²) in [5.41, 5.74) is 4.79. The second-order valence-corrected chi connectivity index (χ2v) is 7.51.